The lowest BCUT2D eigenvalue weighted by atomic mass is 10.0. The van der Waals surface area contributed by atoms with Crippen LogP contribution in [0.3, 0.4) is 0 Å². The van der Waals surface area contributed by atoms with Gasteiger partial charge in [0.05, 0.1) is 19.3 Å². The quantitative estimate of drug-likeness (QED) is 0.730. The van der Waals surface area contributed by atoms with Crippen LogP contribution in [0.4, 0.5) is 0 Å². The summed E-state index contributed by atoms with van der Waals surface area (Å²) < 4.78 is 4.97. The Morgan fingerprint density at radius 2 is 2.06 bits per heavy atom. The molecule has 2 N–H and O–H groups in total. The predicted molar refractivity (Wildman–Crippen MR) is 62.2 cm³/mol. The average molecular weight is 239 g/mol. The Balaban J connectivity index is 1.55. The summed E-state index contributed by atoms with van der Waals surface area (Å²) >= 11 is 0. The first-order valence-corrected chi connectivity index (χ1v) is 6.66. The number of amides is 1. The number of carbonyl (C=O) groups is 1. The summed E-state index contributed by atoms with van der Waals surface area (Å²) in [5.41, 5.74) is 0. The number of hydrogen-bond donors (Lipinski definition) is 2. The molecule has 4 nitrogen and oxygen atoms in total. The lowest BCUT2D eigenvalue weighted by Gasteiger charge is -2.16. The fourth-order valence-corrected chi connectivity index (χ4v) is 4.31. The van der Waals surface area contributed by atoms with E-state index in [4.69, 9.17) is 9.84 Å². The molecule has 3 rings (SSSR count). The van der Waals surface area contributed by atoms with E-state index in [9.17, 15) is 4.79 Å². The van der Waals surface area contributed by atoms with Crippen LogP contribution >= 0.6 is 0 Å². The number of carbonyl (C=O) groups excluding carboxylic acids is 1. The molecule has 0 spiro atoms. The highest BCUT2D eigenvalue weighted by molar-refractivity contribution is 5.83. The van der Waals surface area contributed by atoms with Crippen LogP contribution in [0.2, 0.25) is 0 Å². The molecular weight excluding hydrogens is 218 g/mol. The maximum absolute atomic E-state index is 12.1. The highest BCUT2D eigenvalue weighted by Crippen LogP contribution is 2.69. The summed E-state index contributed by atoms with van der Waals surface area (Å²) in [5, 5.41) is 12.0. The van der Waals surface area contributed by atoms with E-state index < -0.39 is 0 Å². The molecule has 96 valence electrons. The molecule has 0 aromatic carbocycles. The molecular formula is C13H21NO3. The topological polar surface area (TPSA) is 58.6 Å². The van der Waals surface area contributed by atoms with Crippen molar-refractivity contribution in [1.29, 1.82) is 0 Å². The van der Waals surface area contributed by atoms with E-state index >= 15 is 0 Å². The van der Waals surface area contributed by atoms with Crippen molar-refractivity contribution in [2.45, 2.75) is 25.3 Å². The van der Waals surface area contributed by atoms with Gasteiger partial charge in [-0.1, -0.05) is 0 Å². The summed E-state index contributed by atoms with van der Waals surface area (Å²) in [4.78, 5) is 12.1. The number of rotatable bonds is 5. The zero-order valence-corrected chi connectivity index (χ0v) is 10.3. The molecule has 1 amide bonds. The summed E-state index contributed by atoms with van der Waals surface area (Å²) in [6, 6.07) is -0.244. The molecule has 0 radical (unpaired) electrons. The number of hydrogen-bond acceptors (Lipinski definition) is 3. The largest absolute Gasteiger partial charge is 0.394 e. The Hall–Kier alpha value is -0.610. The van der Waals surface area contributed by atoms with Gasteiger partial charge in [0.15, 0.2) is 0 Å². The second kappa shape index (κ2) is 4.25. The summed E-state index contributed by atoms with van der Waals surface area (Å²) in [6.07, 6.45) is 4.02. The fraction of sp³-hybridized carbons (Fsp3) is 0.923. The first-order chi connectivity index (χ1) is 8.26. The van der Waals surface area contributed by atoms with E-state index in [1.165, 1.54) is 19.3 Å². The zero-order valence-electron chi connectivity index (χ0n) is 10.3. The SMILES string of the molecule is COCC(CO)NC(=O)C1C2C3CCC(C3)C12. The van der Waals surface area contributed by atoms with E-state index in [0.29, 0.717) is 18.4 Å². The molecule has 17 heavy (non-hydrogen) atoms. The van der Waals surface area contributed by atoms with Gasteiger partial charge >= 0.3 is 0 Å². The highest BCUT2D eigenvalue weighted by Gasteiger charge is 2.67. The van der Waals surface area contributed by atoms with Crippen LogP contribution in [0.15, 0.2) is 0 Å². The molecule has 4 heteroatoms. The van der Waals surface area contributed by atoms with Crippen LogP contribution in [0.1, 0.15) is 19.3 Å². The molecule has 0 heterocycles. The van der Waals surface area contributed by atoms with E-state index in [2.05, 4.69) is 5.32 Å². The number of aliphatic hydroxyl groups excluding tert-OH is 1. The Morgan fingerprint density at radius 1 is 1.41 bits per heavy atom. The number of fused-ring (bicyclic) bond motifs is 5. The second-order valence-electron chi connectivity index (χ2n) is 5.86. The standard InChI is InChI=1S/C13H21NO3/c1-17-6-9(5-15)14-13(16)12-10-7-2-3-8(4-7)11(10)12/h7-12,15H,2-6H2,1H3,(H,14,16). The summed E-state index contributed by atoms with van der Waals surface area (Å²) in [5.74, 6) is 3.35. The van der Waals surface area contributed by atoms with E-state index in [-0.39, 0.29) is 24.5 Å². The van der Waals surface area contributed by atoms with Crippen molar-refractivity contribution in [3.8, 4) is 0 Å². The van der Waals surface area contributed by atoms with Crippen molar-refractivity contribution in [1.82, 2.24) is 5.32 Å². The zero-order chi connectivity index (χ0) is 12.0. The molecule has 5 atom stereocenters. The minimum absolute atomic E-state index is 0.0471. The van der Waals surface area contributed by atoms with Crippen molar-refractivity contribution in [3.05, 3.63) is 0 Å². The number of aliphatic hydroxyl groups is 1. The molecule has 3 aliphatic rings. The van der Waals surface area contributed by atoms with Crippen molar-refractivity contribution in [2.75, 3.05) is 20.3 Å². The first-order valence-electron chi connectivity index (χ1n) is 6.66. The van der Waals surface area contributed by atoms with Crippen LogP contribution in [-0.4, -0.2) is 37.4 Å². The number of ether oxygens (including phenoxy) is 1. The maximum Gasteiger partial charge on any atom is 0.224 e. The van der Waals surface area contributed by atoms with Crippen LogP contribution in [0, 0.1) is 29.6 Å². The number of methoxy groups -OCH3 is 1. The highest BCUT2D eigenvalue weighted by atomic mass is 16.5. The van der Waals surface area contributed by atoms with Gasteiger partial charge in [0.2, 0.25) is 5.91 Å². The normalized spacial score (nSPS) is 43.3. The molecule has 3 fully saturated rings. The van der Waals surface area contributed by atoms with Gasteiger partial charge in [-0.25, -0.2) is 0 Å². The van der Waals surface area contributed by atoms with Gasteiger partial charge in [-0.2, -0.15) is 0 Å². The fourth-order valence-electron chi connectivity index (χ4n) is 4.31. The Kier molecular flexibility index (Phi) is 2.87. The summed E-state index contributed by atoms with van der Waals surface area (Å²) in [7, 11) is 1.58. The molecule has 0 saturated heterocycles. The smallest absolute Gasteiger partial charge is 0.224 e. The minimum Gasteiger partial charge on any atom is -0.394 e. The third-order valence-electron chi connectivity index (χ3n) is 4.97. The molecule has 2 bridgehead atoms. The van der Waals surface area contributed by atoms with E-state index in [0.717, 1.165) is 11.8 Å². The lowest BCUT2D eigenvalue weighted by molar-refractivity contribution is -0.124. The van der Waals surface area contributed by atoms with Gasteiger partial charge in [-0.15, -0.1) is 0 Å². The molecule has 0 aromatic heterocycles. The maximum atomic E-state index is 12.1. The molecule has 3 saturated carbocycles. The van der Waals surface area contributed by atoms with Gasteiger partial charge in [-0.3, -0.25) is 4.79 Å². The molecule has 0 aliphatic heterocycles. The monoisotopic (exact) mass is 239 g/mol. The minimum atomic E-state index is -0.244. The van der Waals surface area contributed by atoms with Crippen LogP contribution in [0.25, 0.3) is 0 Å². The Morgan fingerprint density at radius 3 is 2.59 bits per heavy atom. The van der Waals surface area contributed by atoms with Gasteiger partial charge in [0, 0.05) is 13.0 Å². The van der Waals surface area contributed by atoms with Gasteiger partial charge in [-0.05, 0) is 42.9 Å². The summed E-state index contributed by atoms with van der Waals surface area (Å²) in [6.45, 7) is 0.339. The van der Waals surface area contributed by atoms with Crippen LogP contribution in [0.5, 0.6) is 0 Å². The molecule has 5 unspecified atom stereocenters. The van der Waals surface area contributed by atoms with Crippen LogP contribution < -0.4 is 5.32 Å². The predicted octanol–water partition coefficient (Wildman–Crippen LogP) is 0.402. The van der Waals surface area contributed by atoms with Crippen molar-refractivity contribution in [3.63, 3.8) is 0 Å². The third-order valence-corrected chi connectivity index (χ3v) is 4.97. The Bertz CT molecular complexity index is 304. The average Bonchev–Trinajstić information content (AvgIpc) is 2.78. The van der Waals surface area contributed by atoms with Crippen molar-refractivity contribution < 1.29 is 14.6 Å². The third kappa shape index (κ3) is 1.78. The number of nitrogens with one attached hydrogen (secondary N) is 1. The van der Waals surface area contributed by atoms with Crippen molar-refractivity contribution in [2.24, 2.45) is 29.6 Å². The van der Waals surface area contributed by atoms with E-state index in [1.807, 2.05) is 0 Å². The molecule has 3 aliphatic carbocycles. The van der Waals surface area contributed by atoms with Crippen LogP contribution in [-0.2, 0) is 9.53 Å². The molecule has 0 aromatic rings. The van der Waals surface area contributed by atoms with Gasteiger partial charge in [0.1, 0.15) is 0 Å². The van der Waals surface area contributed by atoms with E-state index in [1.54, 1.807) is 7.11 Å². The van der Waals surface area contributed by atoms with Crippen molar-refractivity contribution >= 4 is 5.91 Å². The first kappa shape index (κ1) is 11.5. The Labute approximate surface area is 102 Å². The van der Waals surface area contributed by atoms with Gasteiger partial charge < -0.3 is 15.2 Å². The lowest BCUT2D eigenvalue weighted by Crippen LogP contribution is -2.42. The van der Waals surface area contributed by atoms with Gasteiger partial charge in [0.25, 0.3) is 0 Å². The second-order valence-corrected chi connectivity index (χ2v) is 5.86.